The molecule has 5 nitrogen and oxygen atoms in total. The van der Waals surface area contributed by atoms with Gasteiger partial charge in [-0.3, -0.25) is 14.9 Å². The third-order valence-electron chi connectivity index (χ3n) is 1.24. The molecule has 0 fully saturated rings. The Morgan fingerprint density at radius 2 is 1.36 bits per heavy atom. The maximum Gasteiger partial charge on any atom is 0.320 e. The van der Waals surface area contributed by atoms with Crippen LogP contribution in [0.2, 0.25) is 0 Å². The van der Waals surface area contributed by atoms with Crippen molar-refractivity contribution in [2.75, 3.05) is 0 Å². The summed E-state index contributed by atoms with van der Waals surface area (Å²) in [6, 6.07) is -1.66. The minimum Gasteiger partial charge on any atom is -0.480 e. The van der Waals surface area contributed by atoms with Gasteiger partial charge in [0.15, 0.2) is 0 Å². The van der Waals surface area contributed by atoms with Gasteiger partial charge < -0.3 is 10.2 Å². The van der Waals surface area contributed by atoms with Gasteiger partial charge in [0.25, 0.3) is 0 Å². The van der Waals surface area contributed by atoms with E-state index in [0.29, 0.717) is 0 Å². The Morgan fingerprint density at radius 3 is 1.55 bits per heavy atom. The fourth-order valence-corrected chi connectivity index (χ4v) is 0.518. The van der Waals surface area contributed by atoms with E-state index in [4.69, 9.17) is 10.2 Å². The fraction of sp³-hybridized carbons (Fsp3) is 0.667. The summed E-state index contributed by atoms with van der Waals surface area (Å²) in [6.07, 6.45) is 0. The second-order valence-corrected chi connectivity index (χ2v) is 2.29. The van der Waals surface area contributed by atoms with Gasteiger partial charge >= 0.3 is 11.9 Å². The van der Waals surface area contributed by atoms with Crippen LogP contribution in [-0.2, 0) is 9.59 Å². The number of carboxylic acid groups (broad SMARTS) is 2. The monoisotopic (exact) mass is 161 g/mol. The van der Waals surface area contributed by atoms with E-state index in [1.54, 1.807) is 0 Å². The van der Waals surface area contributed by atoms with Crippen molar-refractivity contribution in [2.45, 2.75) is 25.9 Å². The van der Waals surface area contributed by atoms with E-state index in [1.165, 1.54) is 13.8 Å². The molecule has 3 N–H and O–H groups in total. The fourth-order valence-electron chi connectivity index (χ4n) is 0.518. The molecule has 0 aliphatic carbocycles. The second kappa shape index (κ2) is 3.92. The first kappa shape index (κ1) is 9.90. The van der Waals surface area contributed by atoms with Gasteiger partial charge in [-0.1, -0.05) is 0 Å². The average molecular weight is 161 g/mol. The van der Waals surface area contributed by atoms with Gasteiger partial charge in [0.1, 0.15) is 12.1 Å². The molecule has 0 bridgehead atoms. The lowest BCUT2D eigenvalue weighted by Crippen LogP contribution is -2.43. The molecule has 5 heteroatoms. The van der Waals surface area contributed by atoms with E-state index in [1.807, 2.05) is 0 Å². The Kier molecular flexibility index (Phi) is 3.53. The second-order valence-electron chi connectivity index (χ2n) is 2.29. The summed E-state index contributed by atoms with van der Waals surface area (Å²) in [7, 11) is 0. The van der Waals surface area contributed by atoms with Gasteiger partial charge in [-0.05, 0) is 13.8 Å². The topological polar surface area (TPSA) is 86.6 Å². The number of hydrogen-bond acceptors (Lipinski definition) is 3. The normalized spacial score (nSPS) is 15.5. The number of aliphatic carboxylic acids is 2. The van der Waals surface area contributed by atoms with Crippen molar-refractivity contribution in [3.05, 3.63) is 0 Å². The van der Waals surface area contributed by atoms with Crippen LogP contribution in [0.15, 0.2) is 0 Å². The summed E-state index contributed by atoms with van der Waals surface area (Å²) in [5, 5.41) is 19.1. The summed E-state index contributed by atoms with van der Waals surface area (Å²) >= 11 is 0. The maximum atomic E-state index is 10.2. The molecule has 0 aromatic carbocycles. The summed E-state index contributed by atoms with van der Waals surface area (Å²) in [6.45, 7) is 2.78. The highest BCUT2D eigenvalue weighted by molar-refractivity contribution is 5.76. The van der Waals surface area contributed by atoms with E-state index < -0.39 is 24.0 Å². The molecule has 0 rings (SSSR count). The predicted molar refractivity (Wildman–Crippen MR) is 37.3 cm³/mol. The summed E-state index contributed by atoms with van der Waals surface area (Å²) < 4.78 is 0. The van der Waals surface area contributed by atoms with Crippen molar-refractivity contribution in [3.63, 3.8) is 0 Å². The van der Waals surface area contributed by atoms with Gasteiger partial charge in [0.05, 0.1) is 0 Å². The summed E-state index contributed by atoms with van der Waals surface area (Å²) in [4.78, 5) is 20.4. The highest BCUT2D eigenvalue weighted by atomic mass is 16.4. The standard InChI is InChI=1S/C6H11NO4/c1-3(5(8)9)7-4(2)6(10)11/h3-4,7H,1-2H3,(H,8,9)(H,10,11)/t3-,4-/m1/s1. The minimum atomic E-state index is -1.06. The molecule has 0 unspecified atom stereocenters. The Hall–Kier alpha value is -1.10. The molecule has 2 atom stereocenters. The molecular formula is C6H11NO4. The molecule has 0 saturated carbocycles. The average Bonchev–Trinajstić information content (AvgIpc) is 1.87. The molecule has 0 radical (unpaired) electrons. The Bertz CT molecular complexity index is 150. The molecule has 0 aromatic heterocycles. The molecule has 0 heterocycles. The van der Waals surface area contributed by atoms with Crippen LogP contribution >= 0.6 is 0 Å². The van der Waals surface area contributed by atoms with Gasteiger partial charge in [-0.25, -0.2) is 0 Å². The first-order valence-electron chi connectivity index (χ1n) is 3.16. The number of nitrogens with one attached hydrogen (secondary N) is 1. The third-order valence-corrected chi connectivity index (χ3v) is 1.24. The van der Waals surface area contributed by atoms with Crippen molar-refractivity contribution in [1.29, 1.82) is 0 Å². The van der Waals surface area contributed by atoms with Crippen molar-refractivity contribution in [1.82, 2.24) is 5.32 Å². The number of rotatable bonds is 4. The van der Waals surface area contributed by atoms with Crippen LogP contribution in [-0.4, -0.2) is 34.2 Å². The zero-order valence-corrected chi connectivity index (χ0v) is 6.37. The van der Waals surface area contributed by atoms with Crippen molar-refractivity contribution >= 4 is 11.9 Å². The number of carboxylic acids is 2. The van der Waals surface area contributed by atoms with E-state index in [9.17, 15) is 9.59 Å². The van der Waals surface area contributed by atoms with Crippen molar-refractivity contribution < 1.29 is 19.8 Å². The Morgan fingerprint density at radius 1 is 1.09 bits per heavy atom. The van der Waals surface area contributed by atoms with Gasteiger partial charge in [0, 0.05) is 0 Å². The molecule has 0 amide bonds. The lowest BCUT2D eigenvalue weighted by molar-refractivity contribution is -0.141. The summed E-state index contributed by atoms with van der Waals surface area (Å²) in [5.41, 5.74) is 0. The van der Waals surface area contributed by atoms with Crippen LogP contribution < -0.4 is 5.32 Å². The smallest absolute Gasteiger partial charge is 0.320 e. The Balaban J connectivity index is 3.84. The predicted octanol–water partition coefficient (Wildman–Crippen LogP) is -0.478. The van der Waals surface area contributed by atoms with Crippen LogP contribution in [0.1, 0.15) is 13.8 Å². The highest BCUT2D eigenvalue weighted by Crippen LogP contribution is 1.87. The largest absolute Gasteiger partial charge is 0.480 e. The number of carbonyl (C=O) groups is 2. The SMILES string of the molecule is C[C@@H](N[C@H](C)C(=O)O)C(=O)O. The zero-order chi connectivity index (χ0) is 9.02. The molecule has 0 aliphatic heterocycles. The van der Waals surface area contributed by atoms with E-state index in [0.717, 1.165) is 0 Å². The van der Waals surface area contributed by atoms with E-state index in [-0.39, 0.29) is 0 Å². The summed E-state index contributed by atoms with van der Waals surface area (Å²) in [5.74, 6) is -2.11. The minimum absolute atomic E-state index is 0.832. The van der Waals surface area contributed by atoms with Crippen LogP contribution in [0.4, 0.5) is 0 Å². The van der Waals surface area contributed by atoms with Crippen molar-refractivity contribution in [2.24, 2.45) is 0 Å². The molecule has 0 aromatic rings. The van der Waals surface area contributed by atoms with Crippen LogP contribution in [0.3, 0.4) is 0 Å². The molecule has 0 saturated heterocycles. The number of hydrogen-bond donors (Lipinski definition) is 3. The molecule has 11 heavy (non-hydrogen) atoms. The first-order chi connectivity index (χ1) is 4.95. The molecular weight excluding hydrogens is 150 g/mol. The highest BCUT2D eigenvalue weighted by Gasteiger charge is 2.17. The maximum absolute atomic E-state index is 10.2. The third kappa shape index (κ3) is 3.57. The molecule has 64 valence electrons. The van der Waals surface area contributed by atoms with Crippen LogP contribution in [0.5, 0.6) is 0 Å². The van der Waals surface area contributed by atoms with E-state index >= 15 is 0 Å². The zero-order valence-electron chi connectivity index (χ0n) is 6.37. The van der Waals surface area contributed by atoms with Gasteiger partial charge in [0.2, 0.25) is 0 Å². The van der Waals surface area contributed by atoms with Gasteiger partial charge in [-0.15, -0.1) is 0 Å². The lowest BCUT2D eigenvalue weighted by atomic mass is 10.2. The first-order valence-corrected chi connectivity index (χ1v) is 3.16. The lowest BCUT2D eigenvalue weighted by Gasteiger charge is -2.12. The van der Waals surface area contributed by atoms with Gasteiger partial charge in [-0.2, -0.15) is 0 Å². The quantitative estimate of drug-likeness (QED) is 0.518. The molecule has 0 spiro atoms. The van der Waals surface area contributed by atoms with Crippen LogP contribution in [0, 0.1) is 0 Å². The Labute approximate surface area is 64.0 Å². The van der Waals surface area contributed by atoms with Crippen molar-refractivity contribution in [3.8, 4) is 0 Å². The molecule has 0 aliphatic rings. The van der Waals surface area contributed by atoms with Crippen LogP contribution in [0.25, 0.3) is 0 Å². The van der Waals surface area contributed by atoms with E-state index in [2.05, 4.69) is 5.32 Å².